The number of hydrogen-bond acceptors (Lipinski definition) is 3. The van der Waals surface area contributed by atoms with Crippen LogP contribution in [-0.4, -0.2) is 39.5 Å². The smallest absolute Gasteiger partial charge is 0.410 e. The highest BCUT2D eigenvalue weighted by Crippen LogP contribution is 2.27. The van der Waals surface area contributed by atoms with Crippen molar-refractivity contribution in [3.63, 3.8) is 0 Å². The molecule has 1 unspecified atom stereocenters. The number of ketones is 1. The largest absolute Gasteiger partial charge is 0.444 e. The van der Waals surface area contributed by atoms with E-state index in [-0.39, 0.29) is 17.9 Å². The quantitative estimate of drug-likeness (QED) is 0.550. The lowest BCUT2D eigenvalue weighted by atomic mass is 9.95. The van der Waals surface area contributed by atoms with E-state index in [2.05, 4.69) is 4.57 Å². The molecule has 1 amide bonds. The number of hydrogen-bond donors (Lipinski definition) is 0. The number of carbonyl (C=O) groups excluding carboxylic acids is 2. The maximum absolute atomic E-state index is 13.2. The first kappa shape index (κ1) is 22.4. The molecule has 5 nitrogen and oxygen atoms in total. The van der Waals surface area contributed by atoms with Gasteiger partial charge in [-0.1, -0.05) is 11.6 Å². The van der Waals surface area contributed by atoms with Crippen molar-refractivity contribution in [2.45, 2.75) is 71.9 Å². The van der Waals surface area contributed by atoms with E-state index in [0.29, 0.717) is 23.6 Å². The van der Waals surface area contributed by atoms with Gasteiger partial charge in [0.2, 0.25) is 0 Å². The summed E-state index contributed by atoms with van der Waals surface area (Å²) in [7, 11) is 0. The molecule has 30 heavy (non-hydrogen) atoms. The lowest BCUT2D eigenvalue weighted by Gasteiger charge is -2.36. The van der Waals surface area contributed by atoms with Crippen LogP contribution in [0.4, 0.5) is 4.79 Å². The number of rotatable bonds is 4. The van der Waals surface area contributed by atoms with Crippen molar-refractivity contribution >= 4 is 23.5 Å². The number of nitrogens with zero attached hydrogens (tertiary/aromatic N) is 2. The average molecular weight is 431 g/mol. The van der Waals surface area contributed by atoms with Crippen molar-refractivity contribution < 1.29 is 14.3 Å². The highest BCUT2D eigenvalue weighted by molar-refractivity contribution is 6.30. The van der Waals surface area contributed by atoms with E-state index in [4.69, 9.17) is 16.3 Å². The second-order valence-corrected chi connectivity index (χ2v) is 9.48. The van der Waals surface area contributed by atoms with Crippen LogP contribution in [0.15, 0.2) is 30.3 Å². The zero-order valence-corrected chi connectivity index (χ0v) is 19.3. The average Bonchev–Trinajstić information content (AvgIpc) is 2.96. The van der Waals surface area contributed by atoms with E-state index in [1.165, 1.54) is 0 Å². The number of piperidine rings is 1. The van der Waals surface area contributed by atoms with E-state index in [1.807, 2.05) is 65.0 Å². The monoisotopic (exact) mass is 430 g/mol. The molecule has 1 saturated heterocycles. The van der Waals surface area contributed by atoms with Crippen molar-refractivity contribution in [1.29, 1.82) is 0 Å². The van der Waals surface area contributed by atoms with Crippen LogP contribution in [0.5, 0.6) is 0 Å². The SMILES string of the molecule is Cc1cc(C(=O)CC2CCCCN2C(=O)OC(C)(C)C)c(C)n1-c1ccc(Cl)cc1. The molecule has 0 bridgehead atoms. The maximum Gasteiger partial charge on any atom is 0.410 e. The molecule has 3 rings (SSSR count). The molecule has 1 atom stereocenters. The highest BCUT2D eigenvalue weighted by atomic mass is 35.5. The third-order valence-corrected chi connectivity index (χ3v) is 5.74. The van der Waals surface area contributed by atoms with Gasteiger partial charge in [0, 0.05) is 46.7 Å². The Morgan fingerprint density at radius 3 is 2.43 bits per heavy atom. The van der Waals surface area contributed by atoms with Crippen LogP contribution in [0.1, 0.15) is 68.2 Å². The topological polar surface area (TPSA) is 51.5 Å². The molecular weight excluding hydrogens is 400 g/mol. The first-order valence-electron chi connectivity index (χ1n) is 10.5. The summed E-state index contributed by atoms with van der Waals surface area (Å²) in [4.78, 5) is 27.6. The fourth-order valence-electron chi connectivity index (χ4n) is 4.13. The van der Waals surface area contributed by atoms with E-state index >= 15 is 0 Å². The third-order valence-electron chi connectivity index (χ3n) is 5.49. The Morgan fingerprint density at radius 2 is 1.80 bits per heavy atom. The molecule has 1 aromatic heterocycles. The van der Waals surface area contributed by atoms with Crippen molar-refractivity contribution in [2.75, 3.05) is 6.54 Å². The maximum atomic E-state index is 13.2. The van der Waals surface area contributed by atoms with Crippen LogP contribution >= 0.6 is 11.6 Å². The molecular formula is C24H31ClN2O3. The van der Waals surface area contributed by atoms with Gasteiger partial charge in [-0.3, -0.25) is 4.79 Å². The molecule has 1 fully saturated rings. The zero-order valence-electron chi connectivity index (χ0n) is 18.5. The minimum atomic E-state index is -0.549. The van der Waals surface area contributed by atoms with Gasteiger partial charge >= 0.3 is 6.09 Å². The van der Waals surface area contributed by atoms with Crippen LogP contribution < -0.4 is 0 Å². The molecule has 0 N–H and O–H groups in total. The van der Waals surface area contributed by atoms with E-state index in [9.17, 15) is 9.59 Å². The highest BCUT2D eigenvalue weighted by Gasteiger charge is 2.32. The number of ether oxygens (including phenoxy) is 1. The number of likely N-dealkylation sites (tertiary alicyclic amines) is 1. The van der Waals surface area contributed by atoms with E-state index in [0.717, 1.165) is 36.3 Å². The Bertz CT molecular complexity index is 925. The number of carbonyl (C=O) groups is 2. The van der Waals surface area contributed by atoms with Gasteiger partial charge in [-0.05, 0) is 84.2 Å². The summed E-state index contributed by atoms with van der Waals surface area (Å²) in [6.45, 7) is 10.2. The lowest BCUT2D eigenvalue weighted by Crippen LogP contribution is -2.47. The molecule has 1 aromatic carbocycles. The third kappa shape index (κ3) is 5.07. The predicted octanol–water partition coefficient (Wildman–Crippen LogP) is 6.11. The Hall–Kier alpha value is -2.27. The van der Waals surface area contributed by atoms with Gasteiger partial charge in [-0.2, -0.15) is 0 Å². The van der Waals surface area contributed by atoms with Crippen LogP contribution in [0, 0.1) is 13.8 Å². The molecule has 2 aromatic rings. The number of halogens is 1. The molecule has 0 radical (unpaired) electrons. The summed E-state index contributed by atoms with van der Waals surface area (Å²) in [6, 6.07) is 9.40. The number of benzene rings is 1. The Kier molecular flexibility index (Phi) is 6.61. The van der Waals surface area contributed by atoms with Crippen molar-refractivity contribution in [2.24, 2.45) is 0 Å². The van der Waals surface area contributed by atoms with Gasteiger partial charge in [-0.15, -0.1) is 0 Å². The first-order valence-corrected chi connectivity index (χ1v) is 10.9. The van der Waals surface area contributed by atoms with Gasteiger partial charge in [0.25, 0.3) is 0 Å². The van der Waals surface area contributed by atoms with Gasteiger partial charge in [0.1, 0.15) is 5.60 Å². The van der Waals surface area contributed by atoms with E-state index in [1.54, 1.807) is 4.90 Å². The van der Waals surface area contributed by atoms with Crippen LogP contribution in [0.3, 0.4) is 0 Å². The predicted molar refractivity (Wildman–Crippen MR) is 120 cm³/mol. The van der Waals surface area contributed by atoms with Crippen LogP contribution in [0.2, 0.25) is 5.02 Å². The number of aromatic nitrogens is 1. The number of amides is 1. The second kappa shape index (κ2) is 8.84. The fraction of sp³-hybridized carbons (Fsp3) is 0.500. The van der Waals surface area contributed by atoms with Crippen LogP contribution in [-0.2, 0) is 4.74 Å². The van der Waals surface area contributed by atoms with Crippen LogP contribution in [0.25, 0.3) is 5.69 Å². The fourth-order valence-corrected chi connectivity index (χ4v) is 4.26. The molecule has 2 heterocycles. The summed E-state index contributed by atoms with van der Waals surface area (Å²) in [6.07, 6.45) is 2.76. The van der Waals surface area contributed by atoms with Gasteiger partial charge < -0.3 is 14.2 Å². The van der Waals surface area contributed by atoms with Gasteiger partial charge in [-0.25, -0.2) is 4.79 Å². The molecule has 0 saturated carbocycles. The molecule has 0 aliphatic carbocycles. The second-order valence-electron chi connectivity index (χ2n) is 9.05. The van der Waals surface area contributed by atoms with Gasteiger partial charge in [0.05, 0.1) is 0 Å². The molecule has 6 heteroatoms. The van der Waals surface area contributed by atoms with Crippen molar-refractivity contribution in [1.82, 2.24) is 9.47 Å². The summed E-state index contributed by atoms with van der Waals surface area (Å²) >= 11 is 6.02. The van der Waals surface area contributed by atoms with Gasteiger partial charge in [0.15, 0.2) is 5.78 Å². The zero-order chi connectivity index (χ0) is 22.1. The minimum absolute atomic E-state index is 0.0590. The normalized spacial score (nSPS) is 17.1. The minimum Gasteiger partial charge on any atom is -0.444 e. The standard InChI is InChI=1S/C24H31ClN2O3/c1-16-14-21(17(2)27(16)19-11-9-18(25)10-12-19)22(28)15-20-8-6-7-13-26(20)23(29)30-24(3,4)5/h9-12,14,20H,6-8,13,15H2,1-5H3. The Morgan fingerprint density at radius 1 is 1.13 bits per heavy atom. The Labute approximate surface area is 184 Å². The Balaban J connectivity index is 1.80. The number of aryl methyl sites for hydroxylation is 1. The van der Waals surface area contributed by atoms with Crippen molar-refractivity contribution in [3.05, 3.63) is 52.3 Å². The summed E-state index contributed by atoms with van der Waals surface area (Å²) in [5.74, 6) is 0.0590. The molecule has 162 valence electrons. The van der Waals surface area contributed by atoms with Crippen molar-refractivity contribution in [3.8, 4) is 5.69 Å². The summed E-state index contributed by atoms with van der Waals surface area (Å²) in [5, 5.41) is 0.678. The molecule has 1 aliphatic heterocycles. The van der Waals surface area contributed by atoms with E-state index < -0.39 is 5.60 Å². The molecule has 0 spiro atoms. The lowest BCUT2D eigenvalue weighted by molar-refractivity contribution is 0.00946. The summed E-state index contributed by atoms with van der Waals surface area (Å²) in [5.41, 5.74) is 3.02. The number of Topliss-reactive ketones (excluding diaryl/α,β-unsaturated/α-hetero) is 1. The first-order chi connectivity index (χ1) is 14.1. The summed E-state index contributed by atoms with van der Waals surface area (Å²) < 4.78 is 7.64. The molecule has 1 aliphatic rings.